The van der Waals surface area contributed by atoms with E-state index in [1.807, 2.05) is 36.4 Å². The number of H-pyrrole nitrogens is 1. The Labute approximate surface area is 199 Å². The molecular weight excluding hydrogens is 453 g/mol. The Balaban J connectivity index is 1.69. The maximum Gasteiger partial charge on any atom is 0.305 e. The predicted octanol–water partition coefficient (Wildman–Crippen LogP) is 3.93. The number of ether oxygens (including phenoxy) is 1. The van der Waals surface area contributed by atoms with Gasteiger partial charge in [0.15, 0.2) is 0 Å². The number of nitrogens with zero attached hydrogens (tertiary/aromatic N) is 1. The van der Waals surface area contributed by atoms with Crippen LogP contribution in [-0.2, 0) is 4.79 Å². The van der Waals surface area contributed by atoms with Gasteiger partial charge in [-0.1, -0.05) is 48.5 Å². The highest BCUT2D eigenvalue weighted by atomic mass is 19.1. The normalized spacial score (nSPS) is 11.6. The Morgan fingerprint density at radius 2 is 1.74 bits per heavy atom. The third-order valence-corrected chi connectivity index (χ3v) is 5.45. The fraction of sp³-hybridized carbons (Fsp3) is 0.115. The van der Waals surface area contributed by atoms with Crippen LogP contribution < -0.4 is 15.6 Å². The summed E-state index contributed by atoms with van der Waals surface area (Å²) in [5, 5.41) is 14.8. The maximum absolute atomic E-state index is 14.1. The first-order valence-corrected chi connectivity index (χ1v) is 10.7. The Kier molecular flexibility index (Phi) is 6.77. The summed E-state index contributed by atoms with van der Waals surface area (Å²) in [5.74, 6) is -2.11. The molecule has 1 aromatic heterocycles. The molecule has 178 valence electrons. The van der Waals surface area contributed by atoms with Gasteiger partial charge in [0.1, 0.15) is 22.9 Å². The number of carbonyl (C=O) groups is 2. The smallest absolute Gasteiger partial charge is 0.305 e. The molecule has 9 heteroatoms. The number of nitrogens with one attached hydrogen (secondary N) is 2. The van der Waals surface area contributed by atoms with Crippen LogP contribution in [0.15, 0.2) is 83.7 Å². The van der Waals surface area contributed by atoms with Crippen molar-refractivity contribution in [2.45, 2.75) is 12.5 Å². The molecule has 1 unspecified atom stereocenters. The molecule has 0 aliphatic rings. The zero-order chi connectivity index (χ0) is 24.9. The van der Waals surface area contributed by atoms with E-state index in [4.69, 9.17) is 4.74 Å². The van der Waals surface area contributed by atoms with Crippen LogP contribution >= 0.6 is 0 Å². The van der Waals surface area contributed by atoms with Crippen molar-refractivity contribution in [1.82, 2.24) is 15.1 Å². The number of methoxy groups -OCH3 is 1. The van der Waals surface area contributed by atoms with Crippen LogP contribution in [0.25, 0.3) is 16.8 Å². The minimum absolute atomic E-state index is 0.0455. The van der Waals surface area contributed by atoms with E-state index in [2.05, 4.69) is 10.4 Å². The molecule has 0 aliphatic heterocycles. The Morgan fingerprint density at radius 1 is 1.03 bits per heavy atom. The first-order chi connectivity index (χ1) is 16.9. The van der Waals surface area contributed by atoms with Gasteiger partial charge in [-0.3, -0.25) is 19.5 Å². The number of para-hydroxylation sites is 1. The Morgan fingerprint density at radius 3 is 2.43 bits per heavy atom. The number of aromatic nitrogens is 2. The number of halogens is 1. The molecule has 0 radical (unpaired) electrons. The quantitative estimate of drug-likeness (QED) is 0.357. The van der Waals surface area contributed by atoms with Crippen molar-refractivity contribution >= 4 is 11.9 Å². The highest BCUT2D eigenvalue weighted by molar-refractivity contribution is 5.93. The summed E-state index contributed by atoms with van der Waals surface area (Å²) in [6.07, 6.45) is -0.432. The molecule has 3 aromatic carbocycles. The molecule has 0 saturated heterocycles. The number of carboxylic acids is 1. The Hall–Kier alpha value is -4.66. The van der Waals surface area contributed by atoms with Crippen LogP contribution in [0.1, 0.15) is 28.5 Å². The first kappa shape index (κ1) is 23.5. The first-order valence-electron chi connectivity index (χ1n) is 10.7. The van der Waals surface area contributed by atoms with Gasteiger partial charge >= 0.3 is 5.97 Å². The van der Waals surface area contributed by atoms with E-state index in [9.17, 15) is 23.9 Å². The van der Waals surface area contributed by atoms with E-state index >= 15 is 0 Å². The SMILES string of the molecule is COc1ccc(-c2ccccc2)cc1C(CC(=O)O)NC(=O)c1cc(=O)n(-c2ccccc2F)[nH]1. The average Bonchev–Trinajstić information content (AvgIpc) is 3.25. The van der Waals surface area contributed by atoms with Gasteiger partial charge in [0.05, 0.1) is 19.6 Å². The van der Waals surface area contributed by atoms with E-state index in [-0.39, 0.29) is 11.4 Å². The highest BCUT2D eigenvalue weighted by Gasteiger charge is 2.24. The molecule has 0 saturated carbocycles. The molecule has 1 atom stereocenters. The molecule has 0 fully saturated rings. The molecule has 0 spiro atoms. The van der Waals surface area contributed by atoms with Gasteiger partial charge in [0.25, 0.3) is 11.5 Å². The van der Waals surface area contributed by atoms with Gasteiger partial charge in [-0.05, 0) is 35.4 Å². The van der Waals surface area contributed by atoms with Crippen LogP contribution in [0, 0.1) is 5.82 Å². The molecule has 35 heavy (non-hydrogen) atoms. The number of aromatic amines is 1. The van der Waals surface area contributed by atoms with Crippen molar-refractivity contribution in [3.63, 3.8) is 0 Å². The number of carboxylic acid groups (broad SMARTS) is 1. The summed E-state index contributed by atoms with van der Waals surface area (Å²) in [7, 11) is 1.45. The summed E-state index contributed by atoms with van der Waals surface area (Å²) < 4.78 is 20.5. The summed E-state index contributed by atoms with van der Waals surface area (Å²) in [6.45, 7) is 0. The van der Waals surface area contributed by atoms with Gasteiger partial charge in [0, 0.05) is 11.6 Å². The topological polar surface area (TPSA) is 113 Å². The molecule has 3 N–H and O–H groups in total. The van der Waals surface area contributed by atoms with Gasteiger partial charge in [-0.2, -0.15) is 0 Å². The van der Waals surface area contributed by atoms with Crippen LogP contribution in [-0.4, -0.2) is 33.9 Å². The minimum Gasteiger partial charge on any atom is -0.496 e. The molecule has 0 aliphatic carbocycles. The summed E-state index contributed by atoms with van der Waals surface area (Å²) in [4.78, 5) is 37.1. The van der Waals surface area contributed by atoms with Gasteiger partial charge in [-0.25, -0.2) is 9.07 Å². The number of hydrogen-bond donors (Lipinski definition) is 3. The highest BCUT2D eigenvalue weighted by Crippen LogP contribution is 2.32. The van der Waals surface area contributed by atoms with Crippen molar-refractivity contribution < 1.29 is 23.8 Å². The predicted molar refractivity (Wildman–Crippen MR) is 127 cm³/mol. The van der Waals surface area contributed by atoms with Crippen LogP contribution in [0.2, 0.25) is 0 Å². The van der Waals surface area contributed by atoms with Crippen LogP contribution in [0.5, 0.6) is 5.75 Å². The number of hydrogen-bond acceptors (Lipinski definition) is 4. The van der Waals surface area contributed by atoms with E-state index in [0.29, 0.717) is 11.3 Å². The molecule has 4 rings (SSSR count). The maximum atomic E-state index is 14.1. The third-order valence-electron chi connectivity index (χ3n) is 5.45. The number of aliphatic carboxylic acids is 1. The van der Waals surface area contributed by atoms with E-state index < -0.39 is 35.7 Å². The third kappa shape index (κ3) is 5.14. The fourth-order valence-corrected chi connectivity index (χ4v) is 3.79. The van der Waals surface area contributed by atoms with Crippen molar-refractivity contribution in [3.8, 4) is 22.6 Å². The lowest BCUT2D eigenvalue weighted by Gasteiger charge is -2.21. The average molecular weight is 475 g/mol. The second-order valence-corrected chi connectivity index (χ2v) is 7.74. The van der Waals surface area contributed by atoms with Gasteiger partial charge in [0.2, 0.25) is 0 Å². The van der Waals surface area contributed by atoms with Crippen molar-refractivity contribution in [2.24, 2.45) is 0 Å². The summed E-state index contributed by atoms with van der Waals surface area (Å²) in [5.41, 5.74) is 1.34. The van der Waals surface area contributed by atoms with Crippen LogP contribution in [0.4, 0.5) is 4.39 Å². The number of rotatable bonds is 8. The largest absolute Gasteiger partial charge is 0.496 e. The van der Waals surface area contributed by atoms with E-state index in [0.717, 1.165) is 21.9 Å². The summed E-state index contributed by atoms with van der Waals surface area (Å²) in [6, 6.07) is 20.4. The van der Waals surface area contributed by atoms with Crippen LogP contribution in [0.3, 0.4) is 0 Å². The lowest BCUT2D eigenvalue weighted by atomic mass is 9.96. The second kappa shape index (κ2) is 10.1. The fourth-order valence-electron chi connectivity index (χ4n) is 3.79. The molecule has 4 aromatic rings. The second-order valence-electron chi connectivity index (χ2n) is 7.74. The number of carbonyl (C=O) groups excluding carboxylic acids is 1. The zero-order valence-corrected chi connectivity index (χ0v) is 18.7. The Bertz CT molecular complexity index is 1430. The zero-order valence-electron chi connectivity index (χ0n) is 18.7. The summed E-state index contributed by atoms with van der Waals surface area (Å²) >= 11 is 0. The lowest BCUT2D eigenvalue weighted by molar-refractivity contribution is -0.137. The minimum atomic E-state index is -1.14. The van der Waals surface area contributed by atoms with Gasteiger partial charge < -0.3 is 15.2 Å². The lowest BCUT2D eigenvalue weighted by Crippen LogP contribution is -2.31. The molecule has 1 amide bonds. The van der Waals surface area contributed by atoms with Crippen molar-refractivity contribution in [1.29, 1.82) is 0 Å². The van der Waals surface area contributed by atoms with E-state index in [1.165, 1.54) is 25.3 Å². The molecular formula is C26H22FN3O5. The molecule has 8 nitrogen and oxygen atoms in total. The van der Waals surface area contributed by atoms with Gasteiger partial charge in [-0.15, -0.1) is 0 Å². The number of benzene rings is 3. The monoisotopic (exact) mass is 475 g/mol. The number of amides is 1. The molecule has 0 bridgehead atoms. The van der Waals surface area contributed by atoms with Crippen molar-refractivity contribution in [3.05, 3.63) is 106 Å². The standard InChI is InChI=1S/C26H22FN3O5/c1-35-23-12-11-17(16-7-3-2-4-8-16)13-18(23)20(15-25(32)33)28-26(34)21-14-24(31)30(29-21)22-10-6-5-9-19(22)27/h2-14,20,29H,15H2,1H3,(H,28,34)(H,32,33). The molecule has 1 heterocycles. The van der Waals surface area contributed by atoms with Crippen molar-refractivity contribution in [2.75, 3.05) is 7.11 Å². The van der Waals surface area contributed by atoms with E-state index in [1.54, 1.807) is 18.2 Å².